The third-order valence-corrected chi connectivity index (χ3v) is 3.70. The van der Waals surface area contributed by atoms with Gasteiger partial charge in [-0.1, -0.05) is 6.07 Å². The van der Waals surface area contributed by atoms with Crippen molar-refractivity contribution in [2.24, 2.45) is 0 Å². The van der Waals surface area contributed by atoms with Gasteiger partial charge in [-0.3, -0.25) is 0 Å². The van der Waals surface area contributed by atoms with Gasteiger partial charge in [-0.2, -0.15) is 0 Å². The zero-order chi connectivity index (χ0) is 11.5. The highest BCUT2D eigenvalue weighted by Gasteiger charge is 2.16. The molecule has 1 heterocycles. The molecule has 1 unspecified atom stereocenters. The first-order chi connectivity index (χ1) is 7.66. The maximum Gasteiger partial charge on any atom is 0.0513 e. The maximum atomic E-state index is 3.65. The van der Waals surface area contributed by atoms with Crippen LogP contribution in [0, 0.1) is 6.92 Å². The van der Waals surface area contributed by atoms with Crippen molar-refractivity contribution in [3.63, 3.8) is 0 Å². The van der Waals surface area contributed by atoms with Crippen molar-refractivity contribution < 1.29 is 0 Å². The molecule has 0 saturated carbocycles. The molecule has 1 aromatic carbocycles. The predicted molar refractivity (Wildman–Crippen MR) is 73.2 cm³/mol. The third kappa shape index (κ3) is 2.77. The monoisotopic (exact) mass is 282 g/mol. The lowest BCUT2D eigenvalue weighted by Crippen LogP contribution is -2.35. The van der Waals surface area contributed by atoms with Crippen LogP contribution < -0.4 is 10.2 Å². The molecule has 1 N–H and O–H groups in total. The van der Waals surface area contributed by atoms with E-state index in [1.807, 2.05) is 0 Å². The average Bonchev–Trinajstić information content (AvgIpc) is 2.46. The topological polar surface area (TPSA) is 15.3 Å². The maximum absolute atomic E-state index is 3.65. The van der Waals surface area contributed by atoms with Crippen LogP contribution in [0.3, 0.4) is 0 Å². The molecule has 0 radical (unpaired) electrons. The molecule has 2 rings (SSSR count). The van der Waals surface area contributed by atoms with Crippen LogP contribution >= 0.6 is 15.9 Å². The van der Waals surface area contributed by atoms with Crippen LogP contribution in [0.15, 0.2) is 22.7 Å². The molecule has 88 valence electrons. The number of nitrogens with zero attached hydrogens (tertiary/aromatic N) is 1. The second-order valence-corrected chi connectivity index (χ2v) is 5.46. The van der Waals surface area contributed by atoms with E-state index in [1.54, 1.807) is 0 Å². The van der Waals surface area contributed by atoms with Crippen molar-refractivity contribution in [1.82, 2.24) is 5.32 Å². The summed E-state index contributed by atoms with van der Waals surface area (Å²) in [6, 6.07) is 7.12. The van der Waals surface area contributed by atoms with Crippen LogP contribution in [0.2, 0.25) is 0 Å². The number of aryl methyl sites for hydroxylation is 1. The van der Waals surface area contributed by atoms with Gasteiger partial charge < -0.3 is 10.2 Å². The van der Waals surface area contributed by atoms with Crippen molar-refractivity contribution in [3.05, 3.63) is 28.2 Å². The predicted octanol–water partition coefficient (Wildman–Crippen LogP) is 2.95. The fourth-order valence-corrected chi connectivity index (χ4v) is 2.69. The number of hydrogen-bond acceptors (Lipinski definition) is 2. The van der Waals surface area contributed by atoms with E-state index in [0.717, 1.165) is 19.6 Å². The minimum absolute atomic E-state index is 0.565. The molecule has 1 aliphatic rings. The van der Waals surface area contributed by atoms with E-state index < -0.39 is 0 Å². The molecule has 0 aromatic heterocycles. The first kappa shape index (κ1) is 11.9. The third-order valence-electron chi connectivity index (χ3n) is 3.03. The summed E-state index contributed by atoms with van der Waals surface area (Å²) in [7, 11) is 0. The van der Waals surface area contributed by atoms with Gasteiger partial charge in [-0.25, -0.2) is 0 Å². The highest BCUT2D eigenvalue weighted by Crippen LogP contribution is 2.28. The van der Waals surface area contributed by atoms with Crippen molar-refractivity contribution >= 4 is 21.6 Å². The van der Waals surface area contributed by atoms with Crippen molar-refractivity contribution in [2.75, 3.05) is 24.5 Å². The van der Waals surface area contributed by atoms with E-state index in [9.17, 15) is 0 Å². The van der Waals surface area contributed by atoms with Crippen molar-refractivity contribution in [3.8, 4) is 0 Å². The summed E-state index contributed by atoms with van der Waals surface area (Å²) in [6.07, 6.45) is 1.21. The molecule has 0 amide bonds. The Morgan fingerprint density at radius 1 is 1.44 bits per heavy atom. The highest BCUT2D eigenvalue weighted by molar-refractivity contribution is 9.10. The molecule has 1 aliphatic heterocycles. The van der Waals surface area contributed by atoms with Gasteiger partial charge >= 0.3 is 0 Å². The quantitative estimate of drug-likeness (QED) is 0.852. The van der Waals surface area contributed by atoms with Gasteiger partial charge in [0.25, 0.3) is 0 Å². The second kappa shape index (κ2) is 5.19. The second-order valence-electron chi connectivity index (χ2n) is 4.61. The van der Waals surface area contributed by atoms with Gasteiger partial charge in [0, 0.05) is 23.6 Å². The van der Waals surface area contributed by atoms with Gasteiger partial charge in [-0.15, -0.1) is 0 Å². The molecule has 1 aromatic rings. The van der Waals surface area contributed by atoms with E-state index >= 15 is 0 Å². The van der Waals surface area contributed by atoms with E-state index in [-0.39, 0.29) is 0 Å². The fraction of sp³-hybridized carbons (Fsp3) is 0.538. The molecule has 0 bridgehead atoms. The Bertz CT molecular complexity index is 365. The standard InChI is InChI=1S/C13H19BrN2/c1-10-4-5-12(14)13(8-10)16-7-3-6-15-11(2)9-16/h4-5,8,11,15H,3,6-7,9H2,1-2H3. The molecular weight excluding hydrogens is 264 g/mol. The Hall–Kier alpha value is -0.540. The minimum Gasteiger partial charge on any atom is -0.369 e. The normalized spacial score (nSPS) is 21.9. The Kier molecular flexibility index (Phi) is 3.87. The highest BCUT2D eigenvalue weighted by atomic mass is 79.9. The SMILES string of the molecule is Cc1ccc(Br)c(N2CCCNC(C)C2)c1. The molecular formula is C13H19BrN2. The molecule has 1 atom stereocenters. The van der Waals surface area contributed by atoms with Crippen LogP contribution in [-0.4, -0.2) is 25.7 Å². The largest absolute Gasteiger partial charge is 0.369 e. The first-order valence-corrected chi connectivity index (χ1v) is 6.70. The van der Waals surface area contributed by atoms with E-state index in [4.69, 9.17) is 0 Å². The Balaban J connectivity index is 2.24. The van der Waals surface area contributed by atoms with Gasteiger partial charge in [0.2, 0.25) is 0 Å². The van der Waals surface area contributed by atoms with Crippen LogP contribution in [-0.2, 0) is 0 Å². The van der Waals surface area contributed by atoms with E-state index in [1.165, 1.54) is 22.1 Å². The first-order valence-electron chi connectivity index (χ1n) is 5.91. The van der Waals surface area contributed by atoms with E-state index in [2.05, 4.69) is 58.2 Å². The number of rotatable bonds is 1. The van der Waals surface area contributed by atoms with E-state index in [0.29, 0.717) is 6.04 Å². The molecule has 1 saturated heterocycles. The molecule has 16 heavy (non-hydrogen) atoms. The zero-order valence-electron chi connectivity index (χ0n) is 9.96. The number of hydrogen-bond donors (Lipinski definition) is 1. The summed E-state index contributed by atoms with van der Waals surface area (Å²) in [5.74, 6) is 0. The minimum atomic E-state index is 0.565. The molecule has 2 nitrogen and oxygen atoms in total. The van der Waals surface area contributed by atoms with Gasteiger partial charge in [0.1, 0.15) is 0 Å². The number of nitrogens with one attached hydrogen (secondary N) is 1. The fourth-order valence-electron chi connectivity index (χ4n) is 2.19. The number of anilines is 1. The molecule has 3 heteroatoms. The van der Waals surface area contributed by atoms with Crippen LogP contribution in [0.25, 0.3) is 0 Å². The Labute approximate surface area is 106 Å². The lowest BCUT2D eigenvalue weighted by atomic mass is 10.2. The van der Waals surface area contributed by atoms with Gasteiger partial charge in [0.05, 0.1) is 5.69 Å². The number of halogens is 1. The van der Waals surface area contributed by atoms with Gasteiger partial charge in [0.15, 0.2) is 0 Å². The lowest BCUT2D eigenvalue weighted by molar-refractivity contribution is 0.584. The molecule has 0 aliphatic carbocycles. The summed E-state index contributed by atoms with van der Waals surface area (Å²) in [6.45, 7) is 7.75. The Morgan fingerprint density at radius 2 is 2.25 bits per heavy atom. The molecule has 1 fully saturated rings. The Morgan fingerprint density at radius 3 is 3.06 bits per heavy atom. The van der Waals surface area contributed by atoms with Crippen molar-refractivity contribution in [2.45, 2.75) is 26.3 Å². The zero-order valence-corrected chi connectivity index (χ0v) is 11.5. The number of benzene rings is 1. The lowest BCUT2D eigenvalue weighted by Gasteiger charge is -2.26. The summed E-state index contributed by atoms with van der Waals surface area (Å²) in [5, 5.41) is 3.52. The molecule has 0 spiro atoms. The summed E-state index contributed by atoms with van der Waals surface area (Å²) in [5.41, 5.74) is 2.65. The van der Waals surface area contributed by atoms with Crippen molar-refractivity contribution in [1.29, 1.82) is 0 Å². The smallest absolute Gasteiger partial charge is 0.0513 e. The summed E-state index contributed by atoms with van der Waals surface area (Å²) in [4.78, 5) is 2.47. The summed E-state index contributed by atoms with van der Waals surface area (Å²) >= 11 is 3.65. The van der Waals surface area contributed by atoms with Crippen LogP contribution in [0.5, 0.6) is 0 Å². The van der Waals surface area contributed by atoms with Gasteiger partial charge in [-0.05, 0) is 60.4 Å². The van der Waals surface area contributed by atoms with Crippen LogP contribution in [0.4, 0.5) is 5.69 Å². The average molecular weight is 283 g/mol. The van der Waals surface area contributed by atoms with Crippen LogP contribution in [0.1, 0.15) is 18.9 Å². The summed E-state index contributed by atoms with van der Waals surface area (Å²) < 4.78 is 1.20.